The fourth-order valence-corrected chi connectivity index (χ4v) is 2.62. The second-order valence-corrected chi connectivity index (χ2v) is 5.47. The number of aliphatic hydroxyl groups is 1. The maximum absolute atomic E-state index is 12.2. The van der Waals surface area contributed by atoms with Crippen molar-refractivity contribution >= 4 is 5.91 Å². The summed E-state index contributed by atoms with van der Waals surface area (Å²) >= 11 is 0. The Kier molecular flexibility index (Phi) is 5.59. The summed E-state index contributed by atoms with van der Waals surface area (Å²) in [5, 5.41) is 12.5. The normalized spacial score (nSPS) is 18.2. The minimum atomic E-state index is -0.218. The highest BCUT2D eigenvalue weighted by molar-refractivity contribution is 5.81. The minimum absolute atomic E-state index is 0.0114. The van der Waals surface area contributed by atoms with Gasteiger partial charge in [-0.15, -0.1) is 0 Å². The zero-order valence-corrected chi connectivity index (χ0v) is 12.7. The molecule has 21 heavy (non-hydrogen) atoms. The van der Waals surface area contributed by atoms with Crippen LogP contribution in [0.15, 0.2) is 24.3 Å². The topological polar surface area (TPSA) is 61.8 Å². The van der Waals surface area contributed by atoms with Crippen molar-refractivity contribution in [2.45, 2.75) is 38.5 Å². The van der Waals surface area contributed by atoms with E-state index in [9.17, 15) is 9.90 Å². The number of methoxy groups -OCH3 is 1. The molecule has 0 saturated carbocycles. The molecular formula is C16H24N2O3. The molecule has 0 spiro atoms. The zero-order valence-electron chi connectivity index (χ0n) is 12.7. The highest BCUT2D eigenvalue weighted by Crippen LogP contribution is 2.17. The molecule has 1 saturated heterocycles. The summed E-state index contributed by atoms with van der Waals surface area (Å²) in [5.41, 5.74) is 0.967. The first-order valence-corrected chi connectivity index (χ1v) is 7.43. The number of ether oxygens (including phenoxy) is 1. The first-order valence-electron chi connectivity index (χ1n) is 7.43. The quantitative estimate of drug-likeness (QED) is 0.855. The van der Waals surface area contributed by atoms with Crippen molar-refractivity contribution in [2.24, 2.45) is 0 Å². The standard InChI is InChI=1S/C16H24N2O3/c1-12(18-9-7-14(19)8-10-18)16(20)17-11-13-5-3-4-6-15(13)21-2/h3-6,12,14,19H,7-11H2,1-2H3,(H,17,20). The van der Waals surface area contributed by atoms with Crippen molar-refractivity contribution in [1.82, 2.24) is 10.2 Å². The Morgan fingerprint density at radius 1 is 1.43 bits per heavy atom. The van der Waals surface area contributed by atoms with E-state index in [1.54, 1.807) is 7.11 Å². The van der Waals surface area contributed by atoms with Crippen LogP contribution in [0.4, 0.5) is 0 Å². The van der Waals surface area contributed by atoms with Gasteiger partial charge in [-0.05, 0) is 25.8 Å². The molecule has 0 aromatic heterocycles. The van der Waals surface area contributed by atoms with Crippen molar-refractivity contribution in [1.29, 1.82) is 0 Å². The summed E-state index contributed by atoms with van der Waals surface area (Å²) in [4.78, 5) is 14.4. The number of carbonyl (C=O) groups excluding carboxylic acids is 1. The number of piperidine rings is 1. The number of aliphatic hydroxyl groups excluding tert-OH is 1. The van der Waals surface area contributed by atoms with Gasteiger partial charge in [0.25, 0.3) is 0 Å². The van der Waals surface area contributed by atoms with Crippen molar-refractivity contribution in [3.63, 3.8) is 0 Å². The molecular weight excluding hydrogens is 268 g/mol. The molecule has 1 aliphatic rings. The lowest BCUT2D eigenvalue weighted by Crippen LogP contribution is -2.48. The molecule has 5 nitrogen and oxygen atoms in total. The van der Waals surface area contributed by atoms with Crippen LogP contribution in [0.1, 0.15) is 25.3 Å². The van der Waals surface area contributed by atoms with Crippen molar-refractivity contribution < 1.29 is 14.6 Å². The molecule has 1 fully saturated rings. The zero-order chi connectivity index (χ0) is 15.2. The number of para-hydroxylation sites is 1. The summed E-state index contributed by atoms with van der Waals surface area (Å²) in [7, 11) is 1.63. The lowest BCUT2D eigenvalue weighted by Gasteiger charge is -2.33. The van der Waals surface area contributed by atoms with Gasteiger partial charge in [-0.3, -0.25) is 9.69 Å². The van der Waals surface area contributed by atoms with Crippen LogP contribution < -0.4 is 10.1 Å². The highest BCUT2D eigenvalue weighted by atomic mass is 16.5. The lowest BCUT2D eigenvalue weighted by atomic mass is 10.1. The number of hydrogen-bond acceptors (Lipinski definition) is 4. The van der Waals surface area contributed by atoms with Gasteiger partial charge in [0.15, 0.2) is 0 Å². The molecule has 1 unspecified atom stereocenters. The third-order valence-electron chi connectivity index (χ3n) is 4.07. The van der Waals surface area contributed by atoms with E-state index in [0.29, 0.717) is 6.54 Å². The molecule has 0 radical (unpaired) electrons. The third kappa shape index (κ3) is 4.19. The van der Waals surface area contributed by atoms with Crippen molar-refractivity contribution in [2.75, 3.05) is 20.2 Å². The minimum Gasteiger partial charge on any atom is -0.496 e. The molecule has 1 aromatic rings. The van der Waals surface area contributed by atoms with Crippen LogP contribution in [0.2, 0.25) is 0 Å². The van der Waals surface area contributed by atoms with E-state index >= 15 is 0 Å². The number of likely N-dealkylation sites (tertiary alicyclic amines) is 1. The molecule has 1 atom stereocenters. The summed E-state index contributed by atoms with van der Waals surface area (Å²) < 4.78 is 5.28. The third-order valence-corrected chi connectivity index (χ3v) is 4.07. The first kappa shape index (κ1) is 15.8. The predicted molar refractivity (Wildman–Crippen MR) is 81.1 cm³/mol. The molecule has 5 heteroatoms. The van der Waals surface area contributed by atoms with E-state index in [2.05, 4.69) is 10.2 Å². The van der Waals surface area contributed by atoms with E-state index in [1.165, 1.54) is 0 Å². The Labute approximate surface area is 125 Å². The van der Waals surface area contributed by atoms with Gasteiger partial charge < -0.3 is 15.2 Å². The van der Waals surface area contributed by atoms with Gasteiger partial charge in [0, 0.05) is 25.2 Å². The second-order valence-electron chi connectivity index (χ2n) is 5.47. The smallest absolute Gasteiger partial charge is 0.237 e. The molecule has 2 N–H and O–H groups in total. The van der Waals surface area contributed by atoms with Crippen LogP contribution >= 0.6 is 0 Å². The maximum atomic E-state index is 12.2. The molecule has 0 aliphatic carbocycles. The van der Waals surface area contributed by atoms with Crippen LogP contribution in [0.5, 0.6) is 5.75 Å². The van der Waals surface area contributed by atoms with Gasteiger partial charge in [-0.25, -0.2) is 0 Å². The molecule has 2 rings (SSSR count). The fourth-order valence-electron chi connectivity index (χ4n) is 2.62. The van der Waals surface area contributed by atoms with Crippen LogP contribution in [0.3, 0.4) is 0 Å². The summed E-state index contributed by atoms with van der Waals surface area (Å²) in [5.74, 6) is 0.795. The Morgan fingerprint density at radius 3 is 2.76 bits per heavy atom. The molecule has 0 bridgehead atoms. The number of hydrogen-bond donors (Lipinski definition) is 2. The number of rotatable bonds is 5. The molecule has 1 aliphatic heterocycles. The van der Waals surface area contributed by atoms with Gasteiger partial charge in [-0.1, -0.05) is 18.2 Å². The number of nitrogens with one attached hydrogen (secondary N) is 1. The van der Waals surface area contributed by atoms with Crippen LogP contribution in [-0.4, -0.2) is 48.3 Å². The largest absolute Gasteiger partial charge is 0.496 e. The van der Waals surface area contributed by atoms with E-state index < -0.39 is 0 Å². The van der Waals surface area contributed by atoms with Gasteiger partial charge in [0.1, 0.15) is 5.75 Å². The number of nitrogens with zero attached hydrogens (tertiary/aromatic N) is 1. The van der Waals surface area contributed by atoms with Gasteiger partial charge in [0.2, 0.25) is 5.91 Å². The molecule has 1 aromatic carbocycles. The molecule has 116 valence electrons. The summed E-state index contributed by atoms with van der Waals surface area (Å²) in [6.45, 7) is 3.91. The summed E-state index contributed by atoms with van der Waals surface area (Å²) in [6.07, 6.45) is 1.26. The number of benzene rings is 1. The first-order chi connectivity index (χ1) is 10.1. The van der Waals surface area contributed by atoms with Crippen molar-refractivity contribution in [3.05, 3.63) is 29.8 Å². The Bertz CT molecular complexity index is 470. The SMILES string of the molecule is COc1ccccc1CNC(=O)C(C)N1CCC(O)CC1. The van der Waals surface area contributed by atoms with Gasteiger partial charge >= 0.3 is 0 Å². The van der Waals surface area contributed by atoms with Crippen molar-refractivity contribution in [3.8, 4) is 5.75 Å². The Hall–Kier alpha value is -1.59. The average molecular weight is 292 g/mol. The second kappa shape index (κ2) is 7.43. The predicted octanol–water partition coefficient (Wildman–Crippen LogP) is 1.16. The summed E-state index contributed by atoms with van der Waals surface area (Å²) in [6, 6.07) is 7.50. The van der Waals surface area contributed by atoms with Gasteiger partial charge in [-0.2, -0.15) is 0 Å². The fraction of sp³-hybridized carbons (Fsp3) is 0.562. The maximum Gasteiger partial charge on any atom is 0.237 e. The number of carbonyl (C=O) groups is 1. The van der Waals surface area contributed by atoms with E-state index in [0.717, 1.165) is 37.2 Å². The lowest BCUT2D eigenvalue weighted by molar-refractivity contribution is -0.126. The van der Waals surface area contributed by atoms with Crippen LogP contribution in [-0.2, 0) is 11.3 Å². The monoisotopic (exact) mass is 292 g/mol. The van der Waals surface area contributed by atoms with Crippen LogP contribution in [0, 0.1) is 0 Å². The number of amides is 1. The van der Waals surface area contributed by atoms with E-state index in [4.69, 9.17) is 4.74 Å². The highest BCUT2D eigenvalue weighted by Gasteiger charge is 2.25. The Morgan fingerprint density at radius 2 is 2.10 bits per heavy atom. The molecule has 1 heterocycles. The molecule has 1 amide bonds. The van der Waals surface area contributed by atoms with Crippen LogP contribution in [0.25, 0.3) is 0 Å². The van der Waals surface area contributed by atoms with Gasteiger partial charge in [0.05, 0.1) is 19.3 Å². The average Bonchev–Trinajstić information content (AvgIpc) is 2.52. The van der Waals surface area contributed by atoms with E-state index in [-0.39, 0.29) is 18.1 Å². The Balaban J connectivity index is 1.86. The van der Waals surface area contributed by atoms with E-state index in [1.807, 2.05) is 31.2 Å².